The van der Waals surface area contributed by atoms with Gasteiger partial charge in [-0.15, -0.1) is 0 Å². The Morgan fingerprint density at radius 1 is 1.35 bits per heavy atom. The number of likely N-dealkylation sites (N-methyl/N-ethyl adjacent to an activating group) is 1. The summed E-state index contributed by atoms with van der Waals surface area (Å²) in [6.07, 6.45) is 2.04. The van der Waals surface area contributed by atoms with Crippen LogP contribution in [0, 0.1) is 0 Å². The van der Waals surface area contributed by atoms with Crippen molar-refractivity contribution < 1.29 is 4.79 Å². The average molecular weight is 273 g/mol. The lowest BCUT2D eigenvalue weighted by Gasteiger charge is -2.13. The zero-order valence-electron chi connectivity index (χ0n) is 12.8. The lowest BCUT2D eigenvalue weighted by atomic mass is 10.1. The third kappa shape index (κ3) is 3.07. The van der Waals surface area contributed by atoms with Crippen LogP contribution in [0.25, 0.3) is 11.0 Å². The van der Waals surface area contributed by atoms with Crippen molar-refractivity contribution in [3.05, 3.63) is 29.6 Å². The van der Waals surface area contributed by atoms with Gasteiger partial charge < -0.3 is 9.47 Å². The second-order valence-electron chi connectivity index (χ2n) is 5.49. The normalized spacial score (nSPS) is 11.4. The summed E-state index contributed by atoms with van der Waals surface area (Å²) < 4.78 is 2.28. The second kappa shape index (κ2) is 6.18. The first-order valence-corrected chi connectivity index (χ1v) is 7.17. The smallest absolute Gasteiger partial charge is 0.159 e. The number of imidazole rings is 1. The van der Waals surface area contributed by atoms with E-state index in [1.165, 1.54) is 0 Å². The Bertz CT molecular complexity index is 613. The molecule has 108 valence electrons. The van der Waals surface area contributed by atoms with Crippen LogP contribution in [0.5, 0.6) is 0 Å². The summed E-state index contributed by atoms with van der Waals surface area (Å²) in [5.74, 6) is 1.21. The van der Waals surface area contributed by atoms with Crippen molar-refractivity contribution in [2.75, 3.05) is 20.6 Å². The topological polar surface area (TPSA) is 38.1 Å². The summed E-state index contributed by atoms with van der Waals surface area (Å²) in [4.78, 5) is 18.4. The van der Waals surface area contributed by atoms with E-state index >= 15 is 0 Å². The van der Waals surface area contributed by atoms with Crippen LogP contribution in [0.1, 0.15) is 36.5 Å². The Morgan fingerprint density at radius 3 is 2.70 bits per heavy atom. The zero-order chi connectivity index (χ0) is 14.7. The maximum absolute atomic E-state index is 11.5. The summed E-state index contributed by atoms with van der Waals surface area (Å²) in [5.41, 5.74) is 2.79. The van der Waals surface area contributed by atoms with Crippen LogP contribution in [-0.2, 0) is 13.0 Å². The van der Waals surface area contributed by atoms with Crippen LogP contribution in [0.4, 0.5) is 0 Å². The van der Waals surface area contributed by atoms with Crippen LogP contribution < -0.4 is 0 Å². The Kier molecular flexibility index (Phi) is 4.55. The maximum atomic E-state index is 11.5. The number of rotatable bonds is 6. The molecule has 0 unspecified atom stereocenters. The number of aryl methyl sites for hydroxylation is 1. The number of fused-ring (bicyclic) bond motifs is 1. The monoisotopic (exact) mass is 273 g/mol. The number of hydrogen-bond acceptors (Lipinski definition) is 3. The molecular weight excluding hydrogens is 250 g/mol. The zero-order valence-corrected chi connectivity index (χ0v) is 12.8. The molecule has 0 saturated carbocycles. The van der Waals surface area contributed by atoms with E-state index in [2.05, 4.69) is 30.5 Å². The van der Waals surface area contributed by atoms with E-state index in [1.807, 2.05) is 18.2 Å². The highest BCUT2D eigenvalue weighted by Gasteiger charge is 2.11. The van der Waals surface area contributed by atoms with Gasteiger partial charge in [0, 0.05) is 25.1 Å². The van der Waals surface area contributed by atoms with Crippen LogP contribution in [0.15, 0.2) is 18.2 Å². The molecule has 4 heteroatoms. The van der Waals surface area contributed by atoms with Crippen LogP contribution in [0.2, 0.25) is 0 Å². The molecule has 1 aromatic heterocycles. The Hall–Kier alpha value is -1.68. The summed E-state index contributed by atoms with van der Waals surface area (Å²) in [7, 11) is 4.15. The first-order chi connectivity index (χ1) is 9.52. The number of ketones is 1. The van der Waals surface area contributed by atoms with Crippen molar-refractivity contribution in [1.29, 1.82) is 0 Å². The van der Waals surface area contributed by atoms with Crippen LogP contribution >= 0.6 is 0 Å². The maximum Gasteiger partial charge on any atom is 0.159 e. The molecule has 1 heterocycles. The Balaban J connectivity index is 2.45. The molecule has 0 bridgehead atoms. The van der Waals surface area contributed by atoms with E-state index in [0.717, 1.165) is 48.4 Å². The van der Waals surface area contributed by atoms with Gasteiger partial charge in [0.2, 0.25) is 0 Å². The molecule has 0 N–H and O–H groups in total. The van der Waals surface area contributed by atoms with E-state index in [0.29, 0.717) is 0 Å². The molecule has 0 aliphatic rings. The molecule has 0 amide bonds. The van der Waals surface area contributed by atoms with Gasteiger partial charge in [-0.2, -0.15) is 0 Å². The first-order valence-electron chi connectivity index (χ1n) is 7.17. The van der Waals surface area contributed by atoms with E-state index in [-0.39, 0.29) is 5.78 Å². The molecule has 0 atom stereocenters. The molecule has 2 rings (SSSR count). The van der Waals surface area contributed by atoms with Gasteiger partial charge in [-0.1, -0.05) is 6.92 Å². The number of carbonyl (C=O) groups is 1. The fourth-order valence-corrected chi connectivity index (χ4v) is 2.36. The number of aromatic nitrogens is 2. The summed E-state index contributed by atoms with van der Waals surface area (Å²) >= 11 is 0. The van der Waals surface area contributed by atoms with Gasteiger partial charge in [0.05, 0.1) is 11.0 Å². The molecule has 2 aromatic rings. The van der Waals surface area contributed by atoms with E-state index in [4.69, 9.17) is 4.98 Å². The van der Waals surface area contributed by atoms with Crippen molar-refractivity contribution in [1.82, 2.24) is 14.5 Å². The third-order valence-electron chi connectivity index (χ3n) is 3.48. The number of carbonyl (C=O) groups excluding carboxylic acids is 1. The summed E-state index contributed by atoms with van der Waals surface area (Å²) in [5, 5.41) is 0. The van der Waals surface area contributed by atoms with Crippen molar-refractivity contribution >= 4 is 16.8 Å². The fraction of sp³-hybridized carbons (Fsp3) is 0.500. The highest BCUT2D eigenvalue weighted by molar-refractivity contribution is 5.97. The van der Waals surface area contributed by atoms with Crippen LogP contribution in [-0.4, -0.2) is 40.9 Å². The number of nitrogens with zero attached hydrogens (tertiary/aromatic N) is 3. The standard InChI is InChI=1S/C16H23N3O/c1-5-6-16-17-14-11-13(12(2)20)7-8-15(14)19(16)10-9-18(3)4/h7-8,11H,5-6,9-10H2,1-4H3. The van der Waals surface area contributed by atoms with Crippen molar-refractivity contribution in [2.45, 2.75) is 33.2 Å². The van der Waals surface area contributed by atoms with Crippen molar-refractivity contribution in [2.24, 2.45) is 0 Å². The lowest BCUT2D eigenvalue weighted by molar-refractivity contribution is 0.101. The minimum absolute atomic E-state index is 0.0896. The minimum atomic E-state index is 0.0896. The SMILES string of the molecule is CCCc1nc2cc(C(C)=O)ccc2n1CCN(C)C. The lowest BCUT2D eigenvalue weighted by Crippen LogP contribution is -2.19. The molecule has 4 nitrogen and oxygen atoms in total. The molecule has 0 aliphatic carbocycles. The highest BCUT2D eigenvalue weighted by Crippen LogP contribution is 2.19. The minimum Gasteiger partial charge on any atom is -0.327 e. The van der Waals surface area contributed by atoms with E-state index in [1.54, 1.807) is 6.92 Å². The molecular formula is C16H23N3O. The summed E-state index contributed by atoms with van der Waals surface area (Å²) in [6, 6.07) is 5.82. The van der Waals surface area contributed by atoms with Crippen molar-refractivity contribution in [3.63, 3.8) is 0 Å². The number of Topliss-reactive ketones (excluding diaryl/α,β-unsaturated/α-hetero) is 1. The molecule has 0 saturated heterocycles. The first kappa shape index (κ1) is 14.7. The predicted octanol–water partition coefficient (Wildman–Crippen LogP) is 2.75. The molecule has 0 fully saturated rings. The fourth-order valence-electron chi connectivity index (χ4n) is 2.36. The molecule has 0 spiro atoms. The second-order valence-corrected chi connectivity index (χ2v) is 5.49. The Morgan fingerprint density at radius 2 is 2.10 bits per heavy atom. The van der Waals surface area contributed by atoms with E-state index in [9.17, 15) is 4.79 Å². The van der Waals surface area contributed by atoms with Gasteiger partial charge in [0.25, 0.3) is 0 Å². The van der Waals surface area contributed by atoms with Gasteiger partial charge in [-0.3, -0.25) is 4.79 Å². The van der Waals surface area contributed by atoms with E-state index < -0.39 is 0 Å². The van der Waals surface area contributed by atoms with Crippen molar-refractivity contribution in [3.8, 4) is 0 Å². The van der Waals surface area contributed by atoms with Crippen LogP contribution in [0.3, 0.4) is 0 Å². The number of hydrogen-bond donors (Lipinski definition) is 0. The predicted molar refractivity (Wildman–Crippen MR) is 82.3 cm³/mol. The van der Waals surface area contributed by atoms with Gasteiger partial charge in [0.15, 0.2) is 5.78 Å². The largest absolute Gasteiger partial charge is 0.327 e. The average Bonchev–Trinajstić information content (AvgIpc) is 2.73. The molecule has 0 radical (unpaired) electrons. The van der Waals surface area contributed by atoms with Gasteiger partial charge in [0.1, 0.15) is 5.82 Å². The van der Waals surface area contributed by atoms with Gasteiger partial charge >= 0.3 is 0 Å². The Labute approximate surface area is 120 Å². The third-order valence-corrected chi connectivity index (χ3v) is 3.48. The van der Waals surface area contributed by atoms with Gasteiger partial charge in [-0.05, 0) is 45.6 Å². The molecule has 0 aliphatic heterocycles. The quantitative estimate of drug-likeness (QED) is 0.760. The number of benzene rings is 1. The molecule has 20 heavy (non-hydrogen) atoms. The highest BCUT2D eigenvalue weighted by atomic mass is 16.1. The summed E-state index contributed by atoms with van der Waals surface area (Å²) in [6.45, 7) is 5.67. The molecule has 1 aromatic carbocycles. The van der Waals surface area contributed by atoms with Gasteiger partial charge in [-0.25, -0.2) is 4.98 Å².